The van der Waals surface area contributed by atoms with Crippen LogP contribution in [0.5, 0.6) is 0 Å². The lowest BCUT2D eigenvalue weighted by atomic mass is 9.83. The molecule has 0 amide bonds. The zero-order valence-electron chi connectivity index (χ0n) is 12.6. The normalized spacial score (nSPS) is 19.0. The molecule has 3 heteroatoms. The highest BCUT2D eigenvalue weighted by Crippen LogP contribution is 2.35. The first-order chi connectivity index (χ1) is 10.4. The molecular formula is C18H22BNO. The Balaban J connectivity index is 1.97. The minimum Gasteiger partial charge on any atom is -0.427 e. The summed E-state index contributed by atoms with van der Waals surface area (Å²) >= 11 is 0. The summed E-state index contributed by atoms with van der Waals surface area (Å²) < 4.78 is 5.40. The van der Waals surface area contributed by atoms with Gasteiger partial charge in [-0.2, -0.15) is 0 Å². The first-order valence-corrected chi connectivity index (χ1v) is 7.73. The van der Waals surface area contributed by atoms with Crippen molar-refractivity contribution in [3.63, 3.8) is 0 Å². The molecule has 0 bridgehead atoms. The number of rotatable bonds is 5. The van der Waals surface area contributed by atoms with Gasteiger partial charge in [0.25, 0.3) is 0 Å². The molecule has 0 aliphatic carbocycles. The lowest BCUT2D eigenvalue weighted by Gasteiger charge is -2.31. The minimum atomic E-state index is 0.421. The van der Waals surface area contributed by atoms with E-state index in [9.17, 15) is 0 Å². The summed E-state index contributed by atoms with van der Waals surface area (Å²) in [6.07, 6.45) is 2.49. The topological polar surface area (TPSA) is 12.5 Å². The van der Waals surface area contributed by atoms with Crippen molar-refractivity contribution in [1.29, 1.82) is 0 Å². The molecule has 0 saturated carbocycles. The molecule has 1 aliphatic rings. The van der Waals surface area contributed by atoms with Gasteiger partial charge in [-0.3, -0.25) is 0 Å². The second kappa shape index (κ2) is 6.92. The predicted molar refractivity (Wildman–Crippen MR) is 88.6 cm³/mol. The van der Waals surface area contributed by atoms with Gasteiger partial charge in [0.15, 0.2) is 0 Å². The fraction of sp³-hybridized carbons (Fsp3) is 0.333. The van der Waals surface area contributed by atoms with Crippen LogP contribution in [0.4, 0.5) is 0 Å². The van der Waals surface area contributed by atoms with E-state index in [4.69, 9.17) is 4.65 Å². The van der Waals surface area contributed by atoms with E-state index in [1.807, 2.05) is 0 Å². The molecule has 1 atom stereocenters. The van der Waals surface area contributed by atoms with E-state index in [0.29, 0.717) is 12.0 Å². The molecule has 0 N–H and O–H groups in total. The van der Waals surface area contributed by atoms with Crippen molar-refractivity contribution < 1.29 is 4.65 Å². The molecule has 3 rings (SSSR count). The van der Waals surface area contributed by atoms with Gasteiger partial charge in [-0.05, 0) is 30.5 Å². The Hall–Kier alpha value is -1.58. The van der Waals surface area contributed by atoms with Crippen LogP contribution < -0.4 is 0 Å². The van der Waals surface area contributed by atoms with E-state index in [2.05, 4.69) is 65.5 Å². The van der Waals surface area contributed by atoms with Crippen molar-refractivity contribution in [2.45, 2.75) is 24.8 Å². The molecule has 1 heterocycles. The van der Waals surface area contributed by atoms with Gasteiger partial charge in [0.1, 0.15) is 0 Å². The third-order valence-corrected chi connectivity index (χ3v) is 4.41. The fourth-order valence-electron chi connectivity index (χ4n) is 3.51. The van der Waals surface area contributed by atoms with Gasteiger partial charge in [-0.1, -0.05) is 60.7 Å². The van der Waals surface area contributed by atoms with E-state index in [1.54, 1.807) is 7.11 Å². The number of hydrogen-bond acceptors (Lipinski definition) is 2. The molecule has 21 heavy (non-hydrogen) atoms. The Bertz CT molecular complexity index is 506. The van der Waals surface area contributed by atoms with Crippen LogP contribution in [0, 0.1) is 0 Å². The highest BCUT2D eigenvalue weighted by molar-refractivity contribution is 6.23. The predicted octanol–water partition coefficient (Wildman–Crippen LogP) is 3.20. The first-order valence-electron chi connectivity index (χ1n) is 7.73. The van der Waals surface area contributed by atoms with Crippen LogP contribution in [0.3, 0.4) is 0 Å². The zero-order chi connectivity index (χ0) is 14.5. The van der Waals surface area contributed by atoms with Crippen molar-refractivity contribution in [1.82, 2.24) is 4.81 Å². The minimum absolute atomic E-state index is 0.421. The van der Waals surface area contributed by atoms with Crippen molar-refractivity contribution in [3.8, 4) is 0 Å². The van der Waals surface area contributed by atoms with E-state index >= 15 is 0 Å². The Morgan fingerprint density at radius 1 is 1.00 bits per heavy atom. The van der Waals surface area contributed by atoms with Crippen LogP contribution in [0.25, 0.3) is 0 Å². The van der Waals surface area contributed by atoms with Gasteiger partial charge in [0, 0.05) is 19.1 Å². The second-order valence-corrected chi connectivity index (χ2v) is 5.74. The van der Waals surface area contributed by atoms with Gasteiger partial charge < -0.3 is 9.47 Å². The van der Waals surface area contributed by atoms with Crippen LogP contribution in [0.2, 0.25) is 0 Å². The number of nitrogens with zero attached hydrogens (tertiary/aromatic N) is 1. The summed E-state index contributed by atoms with van der Waals surface area (Å²) in [5, 5.41) is 0. The molecule has 2 aromatic carbocycles. The molecule has 2 nitrogen and oxygen atoms in total. The molecule has 0 aromatic heterocycles. The van der Waals surface area contributed by atoms with E-state index in [0.717, 1.165) is 14.2 Å². The summed E-state index contributed by atoms with van der Waals surface area (Å²) in [7, 11) is 2.51. The maximum absolute atomic E-state index is 5.40. The number of benzene rings is 2. The van der Waals surface area contributed by atoms with Crippen molar-refractivity contribution in [3.05, 3.63) is 71.8 Å². The standard InChI is InChI=1S/C18H22BNO/c1-21-19-20-14-8-13-17(20)18(15-9-4-2-5-10-15)16-11-6-3-7-12-16/h2-7,9-12,17-19H,8,13-14H2,1H3/t17-/m0/s1. The number of hydrogen-bond donors (Lipinski definition) is 0. The van der Waals surface area contributed by atoms with E-state index < -0.39 is 0 Å². The first kappa shape index (κ1) is 14.4. The highest BCUT2D eigenvalue weighted by Gasteiger charge is 2.33. The lowest BCUT2D eigenvalue weighted by Crippen LogP contribution is -2.38. The smallest absolute Gasteiger partial charge is 0.363 e. The molecule has 0 spiro atoms. The third-order valence-electron chi connectivity index (χ3n) is 4.41. The molecule has 2 aromatic rings. The van der Waals surface area contributed by atoms with Gasteiger partial charge >= 0.3 is 7.62 Å². The fourth-order valence-corrected chi connectivity index (χ4v) is 3.51. The quantitative estimate of drug-likeness (QED) is 0.779. The average Bonchev–Trinajstić information content (AvgIpc) is 2.98. The summed E-state index contributed by atoms with van der Waals surface area (Å²) in [5.74, 6) is 0.421. The molecular weight excluding hydrogens is 257 g/mol. The molecule has 1 saturated heterocycles. The SMILES string of the molecule is COBN1CCC[C@H]1C(c1ccccc1)c1ccccc1. The summed E-state index contributed by atoms with van der Waals surface area (Å²) in [6.45, 7) is 1.13. The molecule has 108 valence electrons. The lowest BCUT2D eigenvalue weighted by molar-refractivity contribution is 0.307. The van der Waals surface area contributed by atoms with Gasteiger partial charge in [-0.15, -0.1) is 0 Å². The van der Waals surface area contributed by atoms with Crippen LogP contribution in [-0.2, 0) is 4.65 Å². The van der Waals surface area contributed by atoms with Gasteiger partial charge in [0.2, 0.25) is 0 Å². The van der Waals surface area contributed by atoms with Gasteiger partial charge in [0.05, 0.1) is 0 Å². The largest absolute Gasteiger partial charge is 0.427 e. The van der Waals surface area contributed by atoms with Crippen molar-refractivity contribution in [2.75, 3.05) is 13.7 Å². The molecule has 1 fully saturated rings. The van der Waals surface area contributed by atoms with Gasteiger partial charge in [-0.25, -0.2) is 0 Å². The maximum Gasteiger partial charge on any atom is 0.363 e. The summed E-state index contributed by atoms with van der Waals surface area (Å²) in [5.41, 5.74) is 2.80. The van der Waals surface area contributed by atoms with Crippen LogP contribution in [0.1, 0.15) is 29.9 Å². The van der Waals surface area contributed by atoms with Crippen molar-refractivity contribution in [2.24, 2.45) is 0 Å². The Labute approximate surface area is 128 Å². The van der Waals surface area contributed by atoms with Crippen molar-refractivity contribution >= 4 is 7.62 Å². The Kier molecular flexibility index (Phi) is 4.74. The van der Waals surface area contributed by atoms with Crippen LogP contribution >= 0.6 is 0 Å². The van der Waals surface area contributed by atoms with Crippen LogP contribution in [-0.4, -0.2) is 32.1 Å². The molecule has 0 unspecified atom stereocenters. The zero-order valence-corrected chi connectivity index (χ0v) is 12.6. The average molecular weight is 279 g/mol. The maximum atomic E-state index is 5.40. The van der Waals surface area contributed by atoms with Crippen LogP contribution in [0.15, 0.2) is 60.7 Å². The third kappa shape index (κ3) is 3.20. The monoisotopic (exact) mass is 279 g/mol. The van der Waals surface area contributed by atoms with E-state index in [1.165, 1.54) is 24.0 Å². The Morgan fingerprint density at radius 3 is 2.10 bits per heavy atom. The highest BCUT2D eigenvalue weighted by atomic mass is 16.4. The van der Waals surface area contributed by atoms with E-state index in [-0.39, 0.29) is 0 Å². The molecule has 0 radical (unpaired) electrons. The summed E-state index contributed by atoms with van der Waals surface area (Å²) in [4.78, 5) is 2.48. The summed E-state index contributed by atoms with van der Waals surface area (Å²) in [6, 6.07) is 22.3. The second-order valence-electron chi connectivity index (χ2n) is 5.74. The molecule has 1 aliphatic heterocycles. The Morgan fingerprint density at radius 2 is 1.57 bits per heavy atom.